The Bertz CT molecular complexity index is 336. The van der Waals surface area contributed by atoms with Gasteiger partial charge in [0.1, 0.15) is 0 Å². The van der Waals surface area contributed by atoms with Gasteiger partial charge in [-0.2, -0.15) is 0 Å². The molecular weight excluding hydrogens is 198 g/mol. The van der Waals surface area contributed by atoms with E-state index in [1.165, 1.54) is 6.07 Å². The van der Waals surface area contributed by atoms with Crippen molar-refractivity contribution < 1.29 is 8.78 Å². The van der Waals surface area contributed by atoms with Crippen molar-refractivity contribution in [3.63, 3.8) is 0 Å². The maximum atomic E-state index is 13.4. The predicted octanol–water partition coefficient (Wildman–Crippen LogP) is 3.15. The zero-order valence-electron chi connectivity index (χ0n) is 8.98. The molecule has 4 heteroatoms. The van der Waals surface area contributed by atoms with Gasteiger partial charge in [-0.25, -0.2) is 8.78 Å². The van der Waals surface area contributed by atoms with Crippen molar-refractivity contribution in [2.24, 2.45) is 0 Å². The molecule has 0 aromatic heterocycles. The van der Waals surface area contributed by atoms with Crippen LogP contribution in [0.5, 0.6) is 0 Å². The maximum Gasteiger partial charge on any atom is 0.183 e. The first-order valence-electron chi connectivity index (χ1n) is 5.10. The van der Waals surface area contributed by atoms with E-state index in [4.69, 9.17) is 5.73 Å². The number of hydrogen-bond donors (Lipinski definition) is 2. The monoisotopic (exact) mass is 214 g/mol. The van der Waals surface area contributed by atoms with E-state index >= 15 is 0 Å². The molecule has 0 saturated heterocycles. The smallest absolute Gasteiger partial charge is 0.183 e. The quantitative estimate of drug-likeness (QED) is 0.755. The Morgan fingerprint density at radius 1 is 1.27 bits per heavy atom. The Morgan fingerprint density at radius 2 is 1.87 bits per heavy atom. The van der Waals surface area contributed by atoms with E-state index in [1.807, 2.05) is 13.8 Å². The van der Waals surface area contributed by atoms with Crippen LogP contribution in [0.4, 0.5) is 20.2 Å². The Balaban J connectivity index is 2.97. The lowest BCUT2D eigenvalue weighted by Crippen LogP contribution is -2.19. The van der Waals surface area contributed by atoms with Gasteiger partial charge in [-0.05, 0) is 25.0 Å². The highest BCUT2D eigenvalue weighted by molar-refractivity contribution is 5.67. The van der Waals surface area contributed by atoms with Crippen LogP contribution in [0.1, 0.15) is 26.7 Å². The lowest BCUT2D eigenvalue weighted by molar-refractivity contribution is 0.509. The number of rotatable bonds is 4. The molecular formula is C11H16F2N2. The van der Waals surface area contributed by atoms with Gasteiger partial charge in [0.2, 0.25) is 0 Å². The van der Waals surface area contributed by atoms with Gasteiger partial charge in [0.25, 0.3) is 0 Å². The second-order valence-corrected chi connectivity index (χ2v) is 3.48. The number of anilines is 2. The molecule has 15 heavy (non-hydrogen) atoms. The Hall–Kier alpha value is -1.32. The molecule has 0 aliphatic heterocycles. The van der Waals surface area contributed by atoms with Gasteiger partial charge >= 0.3 is 0 Å². The Morgan fingerprint density at radius 3 is 2.40 bits per heavy atom. The van der Waals surface area contributed by atoms with E-state index in [-0.39, 0.29) is 17.4 Å². The van der Waals surface area contributed by atoms with Gasteiger partial charge in [0.15, 0.2) is 11.6 Å². The third-order valence-electron chi connectivity index (χ3n) is 2.46. The fourth-order valence-corrected chi connectivity index (χ4v) is 1.41. The van der Waals surface area contributed by atoms with E-state index in [0.29, 0.717) is 0 Å². The second-order valence-electron chi connectivity index (χ2n) is 3.48. The van der Waals surface area contributed by atoms with Crippen LogP contribution in [0.15, 0.2) is 12.1 Å². The van der Waals surface area contributed by atoms with Crippen LogP contribution in [-0.4, -0.2) is 6.04 Å². The van der Waals surface area contributed by atoms with Crippen molar-refractivity contribution >= 4 is 11.4 Å². The van der Waals surface area contributed by atoms with Crippen molar-refractivity contribution in [1.82, 2.24) is 0 Å². The minimum Gasteiger partial charge on any atom is -0.397 e. The van der Waals surface area contributed by atoms with Crippen LogP contribution < -0.4 is 11.1 Å². The average Bonchev–Trinajstić information content (AvgIpc) is 2.24. The first kappa shape index (κ1) is 11.8. The average molecular weight is 214 g/mol. The zero-order valence-corrected chi connectivity index (χ0v) is 8.98. The summed E-state index contributed by atoms with van der Waals surface area (Å²) in [5.41, 5.74) is 5.89. The van der Waals surface area contributed by atoms with Crippen molar-refractivity contribution in [3.05, 3.63) is 23.8 Å². The van der Waals surface area contributed by atoms with Gasteiger partial charge in [0.05, 0.1) is 11.4 Å². The highest BCUT2D eigenvalue weighted by Gasteiger charge is 2.14. The molecule has 1 aromatic carbocycles. The predicted molar refractivity (Wildman–Crippen MR) is 58.8 cm³/mol. The highest BCUT2D eigenvalue weighted by atomic mass is 19.2. The Labute approximate surface area is 88.5 Å². The Kier molecular flexibility index (Phi) is 3.88. The fourth-order valence-electron chi connectivity index (χ4n) is 1.41. The van der Waals surface area contributed by atoms with Crippen molar-refractivity contribution in [2.75, 3.05) is 11.1 Å². The third kappa shape index (κ3) is 2.58. The normalized spacial score (nSPS) is 10.7. The van der Waals surface area contributed by atoms with Crippen molar-refractivity contribution in [3.8, 4) is 0 Å². The fraction of sp³-hybridized carbons (Fsp3) is 0.455. The lowest BCUT2D eigenvalue weighted by atomic mass is 10.1. The number of nitrogens with two attached hydrogens (primary N) is 1. The van der Waals surface area contributed by atoms with Gasteiger partial charge in [-0.15, -0.1) is 0 Å². The molecule has 0 aliphatic rings. The largest absolute Gasteiger partial charge is 0.397 e. The van der Waals surface area contributed by atoms with E-state index in [0.717, 1.165) is 18.9 Å². The van der Waals surface area contributed by atoms with Gasteiger partial charge in [-0.3, -0.25) is 0 Å². The number of nitrogens with one attached hydrogen (secondary N) is 1. The van der Waals surface area contributed by atoms with E-state index < -0.39 is 11.6 Å². The molecule has 0 amide bonds. The molecule has 0 saturated carbocycles. The lowest BCUT2D eigenvalue weighted by Gasteiger charge is -2.18. The minimum absolute atomic E-state index is 0.0729. The highest BCUT2D eigenvalue weighted by Crippen LogP contribution is 2.26. The van der Waals surface area contributed by atoms with E-state index in [9.17, 15) is 8.78 Å². The number of halogens is 2. The summed E-state index contributed by atoms with van der Waals surface area (Å²) in [4.78, 5) is 0. The van der Waals surface area contributed by atoms with Crippen molar-refractivity contribution in [2.45, 2.75) is 32.7 Å². The number of hydrogen-bond acceptors (Lipinski definition) is 2. The second kappa shape index (κ2) is 4.96. The van der Waals surface area contributed by atoms with Crippen LogP contribution >= 0.6 is 0 Å². The van der Waals surface area contributed by atoms with Gasteiger partial charge in [0, 0.05) is 6.04 Å². The standard InChI is InChI=1S/C11H16F2N2/c1-3-7(4-2)15-11-9(14)6-5-8(12)10(11)13/h5-7,15H,3-4,14H2,1-2H3. The summed E-state index contributed by atoms with van der Waals surface area (Å²) < 4.78 is 26.3. The molecule has 0 heterocycles. The maximum absolute atomic E-state index is 13.4. The molecule has 0 unspecified atom stereocenters. The molecule has 84 valence electrons. The molecule has 1 rings (SSSR count). The summed E-state index contributed by atoms with van der Waals surface area (Å²) in [6.45, 7) is 3.96. The molecule has 0 aliphatic carbocycles. The summed E-state index contributed by atoms with van der Waals surface area (Å²) >= 11 is 0. The zero-order chi connectivity index (χ0) is 11.4. The molecule has 0 atom stereocenters. The molecule has 3 N–H and O–H groups in total. The van der Waals surface area contributed by atoms with Crippen LogP contribution in [0, 0.1) is 11.6 Å². The number of nitrogen functional groups attached to an aromatic ring is 1. The molecule has 0 fully saturated rings. The molecule has 1 aromatic rings. The third-order valence-corrected chi connectivity index (χ3v) is 2.46. The number of benzene rings is 1. The van der Waals surface area contributed by atoms with Gasteiger partial charge in [-0.1, -0.05) is 13.8 Å². The SMILES string of the molecule is CCC(CC)Nc1c(N)ccc(F)c1F. The molecule has 0 bridgehead atoms. The summed E-state index contributed by atoms with van der Waals surface area (Å²) in [6, 6.07) is 2.51. The summed E-state index contributed by atoms with van der Waals surface area (Å²) in [7, 11) is 0. The van der Waals surface area contributed by atoms with Crippen molar-refractivity contribution in [1.29, 1.82) is 0 Å². The van der Waals surface area contributed by atoms with E-state index in [1.54, 1.807) is 0 Å². The molecule has 0 radical (unpaired) electrons. The van der Waals surface area contributed by atoms with Crippen LogP contribution in [0.3, 0.4) is 0 Å². The summed E-state index contributed by atoms with van der Waals surface area (Å²) in [5, 5.41) is 2.92. The summed E-state index contributed by atoms with van der Waals surface area (Å²) in [6.07, 6.45) is 1.68. The summed E-state index contributed by atoms with van der Waals surface area (Å²) in [5.74, 6) is -1.78. The van der Waals surface area contributed by atoms with Crippen LogP contribution in [0.2, 0.25) is 0 Å². The van der Waals surface area contributed by atoms with E-state index in [2.05, 4.69) is 5.32 Å². The first-order chi connectivity index (χ1) is 7.10. The van der Waals surface area contributed by atoms with Crippen LogP contribution in [-0.2, 0) is 0 Å². The molecule has 2 nitrogen and oxygen atoms in total. The van der Waals surface area contributed by atoms with Gasteiger partial charge < -0.3 is 11.1 Å². The minimum atomic E-state index is -0.901. The first-order valence-corrected chi connectivity index (χ1v) is 5.10. The molecule has 0 spiro atoms. The topological polar surface area (TPSA) is 38.0 Å². The van der Waals surface area contributed by atoms with Crippen LogP contribution in [0.25, 0.3) is 0 Å².